The number of nitrogens with zero attached hydrogens (tertiary/aromatic N) is 4. The maximum Gasteiger partial charge on any atom is 0.196 e. The Bertz CT molecular complexity index is 1180. The number of nitrogens with one attached hydrogen (secondary N) is 1. The van der Waals surface area contributed by atoms with Crippen LogP contribution in [-0.2, 0) is 6.54 Å². The van der Waals surface area contributed by atoms with E-state index < -0.39 is 0 Å². The van der Waals surface area contributed by atoms with Gasteiger partial charge in [0.2, 0.25) is 0 Å². The minimum atomic E-state index is 0.107. The van der Waals surface area contributed by atoms with Gasteiger partial charge < -0.3 is 15.1 Å². The number of hydrogen-bond acceptors (Lipinski definition) is 5. The van der Waals surface area contributed by atoms with Crippen LogP contribution in [0.15, 0.2) is 36.4 Å². The first-order valence-electron chi connectivity index (χ1n) is 14.5. The van der Waals surface area contributed by atoms with Crippen molar-refractivity contribution >= 4 is 22.4 Å². The molecule has 0 bridgehead atoms. The molecular formula is C31H45N5O. The lowest BCUT2D eigenvalue weighted by Gasteiger charge is -2.19. The second-order valence-electron chi connectivity index (χ2n) is 10.1. The van der Waals surface area contributed by atoms with Crippen LogP contribution in [0.1, 0.15) is 75.7 Å². The van der Waals surface area contributed by atoms with E-state index in [4.69, 9.17) is 5.10 Å². The molecular weight excluding hydrogens is 458 g/mol. The fourth-order valence-corrected chi connectivity index (χ4v) is 5.57. The molecule has 2 aromatic carbocycles. The van der Waals surface area contributed by atoms with E-state index in [2.05, 4.69) is 59.6 Å². The molecule has 4 rings (SSSR count). The number of likely N-dealkylation sites (N-methyl/N-ethyl adjacent to an activating group) is 1. The van der Waals surface area contributed by atoms with Crippen molar-refractivity contribution < 1.29 is 4.79 Å². The van der Waals surface area contributed by atoms with Crippen LogP contribution in [0.2, 0.25) is 0 Å². The van der Waals surface area contributed by atoms with Crippen molar-refractivity contribution in [1.82, 2.24) is 19.6 Å². The maximum absolute atomic E-state index is 13.7. The average molecular weight is 504 g/mol. The van der Waals surface area contributed by atoms with Crippen molar-refractivity contribution in [2.75, 3.05) is 51.1 Å². The number of unbranched alkanes of at least 4 members (excludes halogenated alkanes) is 4. The number of benzene rings is 2. The number of anilines is 1. The summed E-state index contributed by atoms with van der Waals surface area (Å²) in [5.74, 6) is 0.107. The molecule has 200 valence electrons. The summed E-state index contributed by atoms with van der Waals surface area (Å²) in [6, 6.07) is 12.2. The van der Waals surface area contributed by atoms with Gasteiger partial charge in [-0.15, -0.1) is 0 Å². The normalized spacial score (nSPS) is 12.6. The van der Waals surface area contributed by atoms with Gasteiger partial charge in [-0.1, -0.05) is 71.2 Å². The average Bonchev–Trinajstić information content (AvgIpc) is 3.30. The van der Waals surface area contributed by atoms with E-state index in [9.17, 15) is 4.79 Å². The van der Waals surface area contributed by atoms with Gasteiger partial charge in [0.1, 0.15) is 5.69 Å². The fraction of sp³-hybridized carbons (Fsp3) is 0.548. The first kappa shape index (κ1) is 27.3. The summed E-state index contributed by atoms with van der Waals surface area (Å²) in [6.45, 7) is 17.1. The van der Waals surface area contributed by atoms with Crippen LogP contribution in [-0.4, -0.2) is 71.2 Å². The summed E-state index contributed by atoms with van der Waals surface area (Å²) in [4.78, 5) is 18.6. The Balaban J connectivity index is 1.47. The Labute approximate surface area is 223 Å². The van der Waals surface area contributed by atoms with Gasteiger partial charge in [-0.2, -0.15) is 5.10 Å². The highest BCUT2D eigenvalue weighted by Crippen LogP contribution is 2.41. The lowest BCUT2D eigenvalue weighted by atomic mass is 9.86. The van der Waals surface area contributed by atoms with Gasteiger partial charge in [0.25, 0.3) is 0 Å². The minimum absolute atomic E-state index is 0.107. The number of hydrogen-bond donors (Lipinski definition) is 1. The number of fused-ring (bicyclic) bond motifs is 2. The van der Waals surface area contributed by atoms with Crippen LogP contribution in [0.5, 0.6) is 0 Å². The first-order valence-corrected chi connectivity index (χ1v) is 14.5. The van der Waals surface area contributed by atoms with E-state index in [0.717, 1.165) is 91.2 Å². The highest BCUT2D eigenvalue weighted by atomic mass is 16.1. The Morgan fingerprint density at radius 2 is 1.43 bits per heavy atom. The van der Waals surface area contributed by atoms with Gasteiger partial charge >= 0.3 is 0 Å². The van der Waals surface area contributed by atoms with E-state index in [1.54, 1.807) is 0 Å². The highest BCUT2D eigenvalue weighted by Gasteiger charge is 2.30. The molecule has 6 nitrogen and oxygen atoms in total. The molecule has 1 heterocycles. The van der Waals surface area contributed by atoms with Gasteiger partial charge in [-0.25, -0.2) is 0 Å². The van der Waals surface area contributed by atoms with E-state index in [-0.39, 0.29) is 5.78 Å². The van der Waals surface area contributed by atoms with E-state index >= 15 is 0 Å². The van der Waals surface area contributed by atoms with Gasteiger partial charge in [-0.05, 0) is 57.7 Å². The molecule has 0 fully saturated rings. The number of rotatable bonds is 16. The van der Waals surface area contributed by atoms with Crippen molar-refractivity contribution in [2.45, 2.75) is 66.3 Å². The second kappa shape index (κ2) is 13.2. The molecule has 0 saturated heterocycles. The van der Waals surface area contributed by atoms with Crippen LogP contribution in [0.4, 0.5) is 5.69 Å². The van der Waals surface area contributed by atoms with Crippen LogP contribution in [0.25, 0.3) is 22.2 Å². The zero-order valence-corrected chi connectivity index (χ0v) is 23.4. The fourth-order valence-electron chi connectivity index (χ4n) is 5.57. The SMILES string of the molecule is CCN(CC)CCCCCCCNc1ccc2c3c(nn2CCN(CC)CC)-c2ccccc2C(=O)c13. The Morgan fingerprint density at radius 1 is 0.784 bits per heavy atom. The molecule has 6 heteroatoms. The van der Waals surface area contributed by atoms with Gasteiger partial charge in [-0.3, -0.25) is 9.48 Å². The van der Waals surface area contributed by atoms with Crippen molar-refractivity contribution in [2.24, 2.45) is 0 Å². The smallest absolute Gasteiger partial charge is 0.196 e. The third-order valence-corrected chi connectivity index (χ3v) is 7.96. The molecule has 1 aromatic heterocycles. The molecule has 0 aliphatic heterocycles. The Kier molecular flexibility index (Phi) is 9.75. The Morgan fingerprint density at radius 3 is 2.16 bits per heavy atom. The van der Waals surface area contributed by atoms with Crippen molar-refractivity contribution in [1.29, 1.82) is 0 Å². The third-order valence-electron chi connectivity index (χ3n) is 7.96. The molecule has 1 aliphatic carbocycles. The predicted molar refractivity (Wildman–Crippen MR) is 156 cm³/mol. The molecule has 0 amide bonds. The molecule has 37 heavy (non-hydrogen) atoms. The summed E-state index contributed by atoms with van der Waals surface area (Å²) >= 11 is 0. The molecule has 1 N–H and O–H groups in total. The van der Waals surface area contributed by atoms with Crippen LogP contribution < -0.4 is 5.32 Å². The molecule has 0 spiro atoms. The number of carbonyl (C=O) groups excluding carboxylic acids is 1. The van der Waals surface area contributed by atoms with Gasteiger partial charge in [0.05, 0.1) is 17.6 Å². The van der Waals surface area contributed by atoms with Crippen molar-refractivity contribution in [3.8, 4) is 11.3 Å². The molecule has 3 aromatic rings. The van der Waals surface area contributed by atoms with Crippen LogP contribution in [0, 0.1) is 0 Å². The maximum atomic E-state index is 13.7. The Hall–Kier alpha value is -2.70. The number of carbonyl (C=O) groups is 1. The highest BCUT2D eigenvalue weighted by molar-refractivity contribution is 6.27. The van der Waals surface area contributed by atoms with Gasteiger partial charge in [0.15, 0.2) is 5.78 Å². The lowest BCUT2D eigenvalue weighted by Crippen LogP contribution is -2.27. The molecule has 0 saturated carbocycles. The molecule has 0 unspecified atom stereocenters. The summed E-state index contributed by atoms with van der Waals surface area (Å²) in [6.07, 6.45) is 6.17. The predicted octanol–water partition coefficient (Wildman–Crippen LogP) is 6.29. The third kappa shape index (κ3) is 6.07. The van der Waals surface area contributed by atoms with E-state index in [1.165, 1.54) is 32.2 Å². The van der Waals surface area contributed by atoms with Gasteiger partial charge in [0, 0.05) is 35.3 Å². The first-order chi connectivity index (χ1) is 18.1. The summed E-state index contributed by atoms with van der Waals surface area (Å²) in [5, 5.41) is 9.66. The second-order valence-corrected chi connectivity index (χ2v) is 10.1. The number of aromatic nitrogens is 2. The lowest BCUT2D eigenvalue weighted by molar-refractivity contribution is 0.104. The summed E-state index contributed by atoms with van der Waals surface area (Å²) in [5.41, 5.74) is 5.44. The molecule has 0 atom stereocenters. The van der Waals surface area contributed by atoms with Crippen LogP contribution >= 0.6 is 0 Å². The zero-order valence-electron chi connectivity index (χ0n) is 23.4. The number of ketones is 1. The monoisotopic (exact) mass is 503 g/mol. The van der Waals surface area contributed by atoms with Crippen molar-refractivity contribution in [3.05, 3.63) is 47.5 Å². The quantitative estimate of drug-likeness (QED) is 0.182. The summed E-state index contributed by atoms with van der Waals surface area (Å²) in [7, 11) is 0. The topological polar surface area (TPSA) is 53.4 Å². The van der Waals surface area contributed by atoms with E-state index in [0.29, 0.717) is 0 Å². The van der Waals surface area contributed by atoms with Crippen LogP contribution in [0.3, 0.4) is 0 Å². The molecule has 0 radical (unpaired) electrons. The van der Waals surface area contributed by atoms with Crippen molar-refractivity contribution in [3.63, 3.8) is 0 Å². The largest absolute Gasteiger partial charge is 0.384 e. The molecule has 1 aliphatic rings. The van der Waals surface area contributed by atoms with E-state index in [1.807, 2.05) is 24.3 Å². The minimum Gasteiger partial charge on any atom is -0.384 e. The zero-order chi connectivity index (χ0) is 26.2. The standard InChI is InChI=1S/C31H45N5O/c1-5-34(6-2)21-15-11-9-10-14-20-32-26-18-19-27-29-28(26)31(37)25-17-13-12-16-24(25)30(29)33-36(27)23-22-35(7-3)8-4/h12-13,16-19,32H,5-11,14-15,20-23H2,1-4H3. The summed E-state index contributed by atoms with van der Waals surface area (Å²) < 4.78 is 2.10.